The first-order chi connectivity index (χ1) is 13.9. The quantitative estimate of drug-likeness (QED) is 0.287. The molecule has 4 rings (SSSR count). The number of ether oxygens (including phenoxy) is 1. The Morgan fingerprint density at radius 2 is 1.72 bits per heavy atom. The maximum Gasteiger partial charge on any atom is 0.344 e. The van der Waals surface area contributed by atoms with E-state index in [0.29, 0.717) is 32.7 Å². The van der Waals surface area contributed by atoms with E-state index in [9.17, 15) is 9.18 Å². The van der Waals surface area contributed by atoms with E-state index in [1.165, 1.54) is 12.1 Å². The Hall–Kier alpha value is -3.24. The van der Waals surface area contributed by atoms with Gasteiger partial charge in [0.1, 0.15) is 11.6 Å². The van der Waals surface area contributed by atoms with Crippen molar-refractivity contribution in [1.29, 1.82) is 0 Å². The molecule has 0 amide bonds. The van der Waals surface area contributed by atoms with Crippen molar-refractivity contribution in [3.63, 3.8) is 0 Å². The van der Waals surface area contributed by atoms with Crippen LogP contribution in [0.15, 0.2) is 66.7 Å². The number of esters is 1. The number of pyridine rings is 1. The maximum atomic E-state index is 13.3. The third-order valence-electron chi connectivity index (χ3n) is 4.65. The van der Waals surface area contributed by atoms with Crippen molar-refractivity contribution < 1.29 is 13.9 Å². The van der Waals surface area contributed by atoms with Crippen LogP contribution in [0.5, 0.6) is 5.75 Å². The summed E-state index contributed by atoms with van der Waals surface area (Å²) in [5.41, 5.74) is 4.30. The van der Waals surface area contributed by atoms with E-state index in [2.05, 4.69) is 0 Å². The van der Waals surface area contributed by atoms with Crippen LogP contribution in [0, 0.1) is 19.7 Å². The standard InChI is InChI=1S/C24H17ClFNO2/c1-14-11-15(2)23-18(12-14)19(24(28)29-22-6-4-3-5-20(22)25)13-21(27-23)16-7-9-17(26)10-8-16/h3-13H,1-2H3. The molecule has 0 aliphatic rings. The highest BCUT2D eigenvalue weighted by Crippen LogP contribution is 2.30. The molecule has 0 saturated heterocycles. The monoisotopic (exact) mass is 405 g/mol. The molecule has 0 N–H and O–H groups in total. The highest BCUT2D eigenvalue weighted by Gasteiger charge is 2.18. The minimum atomic E-state index is -0.529. The number of hydrogen-bond acceptors (Lipinski definition) is 3. The summed E-state index contributed by atoms with van der Waals surface area (Å²) in [7, 11) is 0. The van der Waals surface area contributed by atoms with Crippen molar-refractivity contribution in [2.24, 2.45) is 0 Å². The molecule has 5 heteroatoms. The number of aryl methyl sites for hydroxylation is 2. The summed E-state index contributed by atoms with van der Waals surface area (Å²) in [4.78, 5) is 17.8. The van der Waals surface area contributed by atoms with Crippen molar-refractivity contribution in [3.05, 3.63) is 94.3 Å². The third-order valence-corrected chi connectivity index (χ3v) is 4.96. The molecule has 0 spiro atoms. The second kappa shape index (κ2) is 7.64. The van der Waals surface area contributed by atoms with Crippen molar-refractivity contribution in [2.75, 3.05) is 0 Å². The first kappa shape index (κ1) is 19.1. The lowest BCUT2D eigenvalue weighted by Crippen LogP contribution is -2.11. The van der Waals surface area contributed by atoms with Gasteiger partial charge in [0.15, 0.2) is 0 Å². The SMILES string of the molecule is Cc1cc(C)c2nc(-c3ccc(F)cc3)cc(C(=O)Oc3ccccc3Cl)c2c1. The van der Waals surface area contributed by atoms with Crippen molar-refractivity contribution in [2.45, 2.75) is 13.8 Å². The Morgan fingerprint density at radius 3 is 2.45 bits per heavy atom. The summed E-state index contributed by atoms with van der Waals surface area (Å²) in [6, 6.07) is 18.4. The highest BCUT2D eigenvalue weighted by atomic mass is 35.5. The maximum absolute atomic E-state index is 13.3. The van der Waals surface area contributed by atoms with Gasteiger partial charge >= 0.3 is 5.97 Å². The van der Waals surface area contributed by atoms with Gasteiger partial charge in [0.25, 0.3) is 0 Å². The first-order valence-electron chi connectivity index (χ1n) is 9.07. The van der Waals surface area contributed by atoms with E-state index in [-0.39, 0.29) is 11.6 Å². The molecule has 0 aliphatic carbocycles. The van der Waals surface area contributed by atoms with Crippen LogP contribution in [0.2, 0.25) is 5.02 Å². The Labute approximate surface area is 172 Å². The van der Waals surface area contributed by atoms with Crippen LogP contribution >= 0.6 is 11.6 Å². The lowest BCUT2D eigenvalue weighted by Gasteiger charge is -2.13. The van der Waals surface area contributed by atoms with Gasteiger partial charge in [-0.25, -0.2) is 14.2 Å². The smallest absolute Gasteiger partial charge is 0.344 e. The van der Waals surface area contributed by atoms with Crippen molar-refractivity contribution >= 4 is 28.5 Å². The second-order valence-corrected chi connectivity index (χ2v) is 7.27. The van der Waals surface area contributed by atoms with Gasteiger partial charge in [0.2, 0.25) is 0 Å². The van der Waals surface area contributed by atoms with Gasteiger partial charge in [-0.15, -0.1) is 0 Å². The van der Waals surface area contributed by atoms with Crippen LogP contribution in [-0.4, -0.2) is 11.0 Å². The fraction of sp³-hybridized carbons (Fsp3) is 0.0833. The van der Waals surface area contributed by atoms with E-state index in [0.717, 1.165) is 11.1 Å². The molecule has 0 aliphatic heterocycles. The molecule has 29 heavy (non-hydrogen) atoms. The lowest BCUT2D eigenvalue weighted by molar-refractivity contribution is 0.0737. The lowest BCUT2D eigenvalue weighted by atomic mass is 10.00. The summed E-state index contributed by atoms with van der Waals surface area (Å²) < 4.78 is 18.9. The predicted molar refractivity (Wildman–Crippen MR) is 113 cm³/mol. The van der Waals surface area contributed by atoms with E-state index in [4.69, 9.17) is 21.3 Å². The predicted octanol–water partition coefficient (Wildman–Crippen LogP) is 6.53. The van der Waals surface area contributed by atoms with Crippen molar-refractivity contribution in [1.82, 2.24) is 4.98 Å². The van der Waals surface area contributed by atoms with E-state index in [1.54, 1.807) is 42.5 Å². The Morgan fingerprint density at radius 1 is 1.00 bits per heavy atom. The molecule has 3 nitrogen and oxygen atoms in total. The molecular formula is C24H17ClFNO2. The molecule has 0 atom stereocenters. The normalized spacial score (nSPS) is 10.9. The highest BCUT2D eigenvalue weighted by molar-refractivity contribution is 6.32. The Kier molecular flexibility index (Phi) is 5.03. The van der Waals surface area contributed by atoms with Gasteiger partial charge in [-0.2, -0.15) is 0 Å². The first-order valence-corrected chi connectivity index (χ1v) is 9.45. The van der Waals surface area contributed by atoms with Gasteiger partial charge in [-0.3, -0.25) is 0 Å². The molecule has 3 aromatic carbocycles. The number of rotatable bonds is 3. The largest absolute Gasteiger partial charge is 0.421 e. The number of carbonyl (C=O) groups excluding carboxylic acids is 1. The topological polar surface area (TPSA) is 39.2 Å². The van der Waals surface area contributed by atoms with Gasteiger partial charge < -0.3 is 4.74 Å². The van der Waals surface area contributed by atoms with E-state index < -0.39 is 5.97 Å². The summed E-state index contributed by atoms with van der Waals surface area (Å²) in [6.45, 7) is 3.91. The number of aromatic nitrogens is 1. The molecule has 0 radical (unpaired) electrons. The Bertz CT molecular complexity index is 1240. The zero-order chi connectivity index (χ0) is 20.5. The number of halogens is 2. The average Bonchev–Trinajstić information content (AvgIpc) is 2.69. The molecule has 0 unspecified atom stereocenters. The number of fused-ring (bicyclic) bond motifs is 1. The molecular weight excluding hydrogens is 389 g/mol. The fourth-order valence-corrected chi connectivity index (χ4v) is 3.47. The zero-order valence-electron chi connectivity index (χ0n) is 15.9. The van der Waals surface area contributed by atoms with E-state index >= 15 is 0 Å². The molecule has 0 bridgehead atoms. The summed E-state index contributed by atoms with van der Waals surface area (Å²) >= 11 is 6.14. The minimum absolute atomic E-state index is 0.289. The minimum Gasteiger partial charge on any atom is -0.421 e. The third kappa shape index (κ3) is 3.84. The molecule has 4 aromatic rings. The van der Waals surface area contributed by atoms with E-state index in [1.807, 2.05) is 26.0 Å². The summed E-state index contributed by atoms with van der Waals surface area (Å²) in [6.07, 6.45) is 0. The molecule has 1 aromatic heterocycles. The van der Waals surface area contributed by atoms with Gasteiger partial charge in [-0.05, 0) is 67.9 Å². The summed E-state index contributed by atoms with van der Waals surface area (Å²) in [5, 5.41) is 1.05. The van der Waals surface area contributed by atoms with Crippen molar-refractivity contribution in [3.8, 4) is 17.0 Å². The number of carbonyl (C=O) groups is 1. The Balaban J connectivity index is 1.89. The second-order valence-electron chi connectivity index (χ2n) is 6.86. The van der Waals surface area contributed by atoms with Gasteiger partial charge in [-0.1, -0.05) is 35.4 Å². The van der Waals surface area contributed by atoms with Crippen LogP contribution in [0.25, 0.3) is 22.2 Å². The molecule has 0 saturated carbocycles. The van der Waals surface area contributed by atoms with Crippen LogP contribution in [-0.2, 0) is 0 Å². The van der Waals surface area contributed by atoms with Gasteiger partial charge in [0.05, 0.1) is 21.8 Å². The fourth-order valence-electron chi connectivity index (χ4n) is 3.30. The van der Waals surface area contributed by atoms with Crippen LogP contribution < -0.4 is 4.74 Å². The molecule has 0 fully saturated rings. The van der Waals surface area contributed by atoms with Crippen LogP contribution in [0.3, 0.4) is 0 Å². The number of hydrogen-bond donors (Lipinski definition) is 0. The van der Waals surface area contributed by atoms with Crippen LogP contribution in [0.4, 0.5) is 4.39 Å². The number of para-hydroxylation sites is 1. The zero-order valence-corrected chi connectivity index (χ0v) is 16.6. The molecule has 144 valence electrons. The summed E-state index contributed by atoms with van der Waals surface area (Å²) in [5.74, 6) is -0.574. The average molecular weight is 406 g/mol. The van der Waals surface area contributed by atoms with Crippen LogP contribution in [0.1, 0.15) is 21.5 Å². The molecule has 1 heterocycles. The number of nitrogens with zero attached hydrogens (tertiary/aromatic N) is 1. The number of benzene rings is 3. The van der Waals surface area contributed by atoms with Gasteiger partial charge in [0, 0.05) is 10.9 Å².